The molecule has 2 unspecified atom stereocenters. The van der Waals surface area contributed by atoms with Crippen molar-refractivity contribution in [3.8, 4) is 0 Å². The van der Waals surface area contributed by atoms with Crippen molar-refractivity contribution < 1.29 is 18.0 Å². The Morgan fingerprint density at radius 1 is 1.29 bits per heavy atom. The molecule has 10 heteroatoms. The van der Waals surface area contributed by atoms with E-state index in [-0.39, 0.29) is 23.0 Å². The number of carbonyl (C=O) groups excluding carboxylic acids is 1. The maximum atomic E-state index is 12.8. The number of pyridine rings is 1. The standard InChI is InChI=1S/C18H25ClF3N5O/c1-11(2)7-13-9-15(25-24-13)17(28)27-5-3-26(4-6-27)16-14(19)8-12(10-23-16)18(20,21)22/h8,10-11,13,15,24-25H,3-7,9H2,1-2H3. The van der Waals surface area contributed by atoms with Crippen molar-refractivity contribution in [2.45, 2.75) is 44.9 Å². The molecule has 2 N–H and O–H groups in total. The summed E-state index contributed by atoms with van der Waals surface area (Å²) in [6.07, 6.45) is -1.93. The number of carbonyl (C=O) groups is 1. The lowest BCUT2D eigenvalue weighted by Crippen LogP contribution is -2.54. The Bertz CT molecular complexity index is 707. The highest BCUT2D eigenvalue weighted by atomic mass is 35.5. The predicted molar refractivity (Wildman–Crippen MR) is 101 cm³/mol. The van der Waals surface area contributed by atoms with Crippen molar-refractivity contribution in [3.63, 3.8) is 0 Å². The van der Waals surface area contributed by atoms with E-state index in [9.17, 15) is 18.0 Å². The van der Waals surface area contributed by atoms with E-state index in [4.69, 9.17) is 11.6 Å². The molecule has 0 aromatic carbocycles. The Hall–Kier alpha value is -1.58. The first-order valence-electron chi connectivity index (χ1n) is 9.42. The summed E-state index contributed by atoms with van der Waals surface area (Å²) in [6, 6.07) is 0.929. The molecule has 28 heavy (non-hydrogen) atoms. The van der Waals surface area contributed by atoms with Gasteiger partial charge in [-0.1, -0.05) is 25.4 Å². The second-order valence-corrected chi connectivity index (χ2v) is 8.15. The summed E-state index contributed by atoms with van der Waals surface area (Å²) < 4.78 is 38.3. The summed E-state index contributed by atoms with van der Waals surface area (Å²) in [6.45, 7) is 6.20. The van der Waals surface area contributed by atoms with Crippen molar-refractivity contribution >= 4 is 23.3 Å². The molecule has 0 radical (unpaired) electrons. The molecular weight excluding hydrogens is 395 g/mol. The molecule has 0 spiro atoms. The van der Waals surface area contributed by atoms with Crippen molar-refractivity contribution in [1.29, 1.82) is 0 Å². The van der Waals surface area contributed by atoms with E-state index in [0.29, 0.717) is 37.9 Å². The average Bonchev–Trinajstić information content (AvgIpc) is 3.08. The quantitative estimate of drug-likeness (QED) is 0.785. The van der Waals surface area contributed by atoms with Gasteiger partial charge in [-0.3, -0.25) is 10.2 Å². The molecule has 3 heterocycles. The Labute approximate surface area is 167 Å². The minimum absolute atomic E-state index is 0.0345. The van der Waals surface area contributed by atoms with Crippen LogP contribution in [0.15, 0.2) is 12.3 Å². The largest absolute Gasteiger partial charge is 0.417 e. The van der Waals surface area contributed by atoms with Crippen LogP contribution in [0.1, 0.15) is 32.3 Å². The van der Waals surface area contributed by atoms with Crippen LogP contribution >= 0.6 is 11.6 Å². The van der Waals surface area contributed by atoms with E-state index >= 15 is 0 Å². The molecule has 1 aromatic rings. The van der Waals surface area contributed by atoms with Crippen molar-refractivity contribution in [2.75, 3.05) is 31.1 Å². The van der Waals surface area contributed by atoms with E-state index in [0.717, 1.165) is 25.1 Å². The second-order valence-electron chi connectivity index (χ2n) is 7.74. The van der Waals surface area contributed by atoms with Gasteiger partial charge in [-0.2, -0.15) is 13.2 Å². The fourth-order valence-corrected chi connectivity index (χ4v) is 3.97. The van der Waals surface area contributed by atoms with Crippen LogP contribution in [0.5, 0.6) is 0 Å². The van der Waals surface area contributed by atoms with Crippen LogP contribution in [0.3, 0.4) is 0 Å². The van der Waals surface area contributed by atoms with Gasteiger partial charge < -0.3 is 9.80 Å². The van der Waals surface area contributed by atoms with Gasteiger partial charge in [0.05, 0.1) is 10.6 Å². The molecule has 156 valence electrons. The van der Waals surface area contributed by atoms with Gasteiger partial charge in [-0.05, 0) is 24.8 Å². The highest BCUT2D eigenvalue weighted by Gasteiger charge is 2.35. The minimum Gasteiger partial charge on any atom is -0.352 e. The molecule has 3 rings (SSSR count). The number of hydrogen-bond donors (Lipinski definition) is 2. The number of hydrazine groups is 1. The average molecular weight is 420 g/mol. The first-order chi connectivity index (χ1) is 13.1. The summed E-state index contributed by atoms with van der Waals surface area (Å²) in [5.74, 6) is 0.919. The molecule has 1 aromatic heterocycles. The lowest BCUT2D eigenvalue weighted by Gasteiger charge is -2.36. The van der Waals surface area contributed by atoms with Gasteiger partial charge >= 0.3 is 6.18 Å². The number of halogens is 4. The molecule has 0 bridgehead atoms. The predicted octanol–water partition coefficient (Wildman–Crippen LogP) is 2.68. The number of anilines is 1. The zero-order valence-corrected chi connectivity index (χ0v) is 16.6. The number of aromatic nitrogens is 1. The molecule has 2 fully saturated rings. The number of piperazine rings is 1. The van der Waals surface area contributed by atoms with Crippen molar-refractivity contribution in [3.05, 3.63) is 22.8 Å². The SMILES string of the molecule is CC(C)CC1CC(C(=O)N2CCN(c3ncc(C(F)(F)F)cc3Cl)CC2)NN1. The molecule has 6 nitrogen and oxygen atoms in total. The molecule has 2 aliphatic rings. The zero-order chi connectivity index (χ0) is 20.5. The van der Waals surface area contributed by atoms with E-state index in [1.54, 1.807) is 4.90 Å². The Balaban J connectivity index is 1.55. The van der Waals surface area contributed by atoms with Crippen molar-refractivity contribution in [1.82, 2.24) is 20.7 Å². The third-order valence-electron chi connectivity index (χ3n) is 5.08. The van der Waals surface area contributed by atoms with E-state index < -0.39 is 11.7 Å². The van der Waals surface area contributed by atoms with Gasteiger partial charge in [0, 0.05) is 38.4 Å². The summed E-state index contributed by atoms with van der Waals surface area (Å²) in [7, 11) is 0. The number of rotatable bonds is 4. The molecule has 0 saturated carbocycles. The topological polar surface area (TPSA) is 60.5 Å². The molecule has 1 amide bonds. The molecule has 2 saturated heterocycles. The summed E-state index contributed by atoms with van der Waals surface area (Å²) in [5, 5.41) is -0.0345. The van der Waals surface area contributed by atoms with Gasteiger partial charge in [0.2, 0.25) is 5.91 Å². The highest BCUT2D eigenvalue weighted by Crippen LogP contribution is 2.33. The summed E-state index contributed by atoms with van der Waals surface area (Å²) >= 11 is 6.03. The fraction of sp³-hybridized carbons (Fsp3) is 0.667. The lowest BCUT2D eigenvalue weighted by molar-refractivity contribution is -0.138. The maximum absolute atomic E-state index is 12.8. The number of hydrogen-bond acceptors (Lipinski definition) is 5. The Kier molecular flexibility index (Phi) is 6.36. The normalized spacial score (nSPS) is 23.5. The summed E-state index contributed by atoms with van der Waals surface area (Å²) in [4.78, 5) is 20.2. The number of nitrogens with one attached hydrogen (secondary N) is 2. The number of nitrogens with zero attached hydrogens (tertiary/aromatic N) is 3. The molecule has 2 aliphatic heterocycles. The first kappa shape index (κ1) is 21.1. The fourth-order valence-electron chi connectivity index (χ4n) is 3.68. The van der Waals surface area contributed by atoms with Crippen molar-refractivity contribution in [2.24, 2.45) is 5.92 Å². The van der Waals surface area contributed by atoms with Gasteiger partial charge in [-0.25, -0.2) is 10.4 Å². The van der Waals surface area contributed by atoms with Gasteiger partial charge in [0.15, 0.2) is 0 Å². The molecule has 2 atom stereocenters. The van der Waals surface area contributed by atoms with Crippen LogP contribution in [0.2, 0.25) is 5.02 Å². The molecular formula is C18H25ClF3N5O. The summed E-state index contributed by atoms with van der Waals surface area (Å²) in [5.41, 5.74) is 5.41. The van der Waals surface area contributed by atoms with Gasteiger partial charge in [-0.15, -0.1) is 0 Å². The lowest BCUT2D eigenvalue weighted by atomic mass is 9.99. The number of amides is 1. The van der Waals surface area contributed by atoms with Crippen LogP contribution in [0.25, 0.3) is 0 Å². The van der Waals surface area contributed by atoms with Crippen LogP contribution in [-0.4, -0.2) is 54.1 Å². The van der Waals surface area contributed by atoms with Gasteiger partial charge in [0.25, 0.3) is 0 Å². The van der Waals surface area contributed by atoms with Crippen LogP contribution in [-0.2, 0) is 11.0 Å². The monoisotopic (exact) mass is 419 g/mol. The first-order valence-corrected chi connectivity index (χ1v) is 9.80. The second kappa shape index (κ2) is 8.42. The number of alkyl halides is 3. The highest BCUT2D eigenvalue weighted by molar-refractivity contribution is 6.33. The van der Waals surface area contributed by atoms with Crippen LogP contribution < -0.4 is 15.8 Å². The molecule has 0 aliphatic carbocycles. The van der Waals surface area contributed by atoms with E-state index in [2.05, 4.69) is 29.7 Å². The third kappa shape index (κ3) is 4.87. The maximum Gasteiger partial charge on any atom is 0.417 e. The van der Waals surface area contributed by atoms with Gasteiger partial charge in [0.1, 0.15) is 11.9 Å². The smallest absolute Gasteiger partial charge is 0.352 e. The minimum atomic E-state index is -4.48. The van der Waals surface area contributed by atoms with Crippen LogP contribution in [0.4, 0.5) is 19.0 Å². The zero-order valence-electron chi connectivity index (χ0n) is 15.9. The van der Waals surface area contributed by atoms with E-state index in [1.165, 1.54) is 0 Å². The Morgan fingerprint density at radius 2 is 1.96 bits per heavy atom. The Morgan fingerprint density at radius 3 is 2.54 bits per heavy atom. The third-order valence-corrected chi connectivity index (χ3v) is 5.35. The van der Waals surface area contributed by atoms with Crippen LogP contribution in [0, 0.1) is 5.92 Å². The van der Waals surface area contributed by atoms with E-state index in [1.807, 2.05) is 4.90 Å².